The molecule has 1 aromatic carbocycles. The number of likely N-dealkylation sites (tertiary alicyclic amines) is 1. The third-order valence-corrected chi connectivity index (χ3v) is 5.87. The van der Waals surface area contributed by atoms with Gasteiger partial charge in [0.2, 0.25) is 5.91 Å². The molecule has 140 valence electrons. The first-order valence-electron chi connectivity index (χ1n) is 8.86. The van der Waals surface area contributed by atoms with Crippen LogP contribution in [0.25, 0.3) is 0 Å². The van der Waals surface area contributed by atoms with E-state index in [1.54, 1.807) is 12.1 Å². The summed E-state index contributed by atoms with van der Waals surface area (Å²) >= 11 is 7.38. The number of hydrogen-bond donors (Lipinski definition) is 1. The highest BCUT2D eigenvalue weighted by atomic mass is 35.5. The first kappa shape index (κ1) is 19.1. The summed E-state index contributed by atoms with van der Waals surface area (Å²) in [6, 6.07) is 7.43. The van der Waals surface area contributed by atoms with Crippen LogP contribution < -0.4 is 10.5 Å². The number of aromatic nitrogens is 1. The highest BCUT2D eigenvalue weighted by molar-refractivity contribution is 7.09. The number of benzene rings is 1. The Morgan fingerprint density at radius 1 is 1.38 bits per heavy atom. The van der Waals surface area contributed by atoms with E-state index in [1.165, 1.54) is 11.3 Å². The zero-order valence-corrected chi connectivity index (χ0v) is 16.4. The fourth-order valence-corrected chi connectivity index (χ4v) is 3.94. The molecule has 7 heteroatoms. The van der Waals surface area contributed by atoms with Crippen LogP contribution >= 0.6 is 22.9 Å². The molecule has 0 radical (unpaired) electrons. The summed E-state index contributed by atoms with van der Waals surface area (Å²) in [5.41, 5.74) is 6.77. The van der Waals surface area contributed by atoms with Crippen molar-refractivity contribution < 1.29 is 9.53 Å². The van der Waals surface area contributed by atoms with Crippen LogP contribution in [0.15, 0.2) is 29.6 Å². The molecule has 0 saturated carbocycles. The molecular formula is C19H24ClN3O2S. The zero-order valence-electron chi connectivity index (χ0n) is 14.9. The molecule has 2 aromatic rings. The molecule has 0 spiro atoms. The number of carbonyl (C=O) groups excluding carboxylic acids is 1. The fraction of sp³-hybridized carbons (Fsp3) is 0.474. The average molecular weight is 394 g/mol. The minimum Gasteiger partial charge on any atom is -0.486 e. The van der Waals surface area contributed by atoms with Crippen LogP contribution in [-0.4, -0.2) is 34.9 Å². The topological polar surface area (TPSA) is 68.5 Å². The molecule has 0 bridgehead atoms. The molecule has 2 N–H and O–H groups in total. The predicted octanol–water partition coefficient (Wildman–Crippen LogP) is 3.50. The van der Waals surface area contributed by atoms with E-state index in [9.17, 15) is 4.79 Å². The van der Waals surface area contributed by atoms with Gasteiger partial charge in [-0.15, -0.1) is 11.3 Å². The van der Waals surface area contributed by atoms with Crippen molar-refractivity contribution in [3.63, 3.8) is 0 Å². The second-order valence-electron chi connectivity index (χ2n) is 6.73. The summed E-state index contributed by atoms with van der Waals surface area (Å²) in [7, 11) is 0. The number of thiazole rings is 1. The minimum atomic E-state index is 0.142. The third-order valence-electron chi connectivity index (χ3n) is 4.74. The number of halogens is 1. The molecule has 26 heavy (non-hydrogen) atoms. The molecule has 1 fully saturated rings. The number of nitrogens with zero attached hydrogens (tertiary/aromatic N) is 2. The Labute approximate surface area is 163 Å². The molecule has 1 aliphatic heterocycles. The van der Waals surface area contributed by atoms with Gasteiger partial charge in [0.15, 0.2) is 0 Å². The van der Waals surface area contributed by atoms with Crippen molar-refractivity contribution in [1.29, 1.82) is 0 Å². The van der Waals surface area contributed by atoms with Gasteiger partial charge in [0, 0.05) is 29.5 Å². The molecule has 1 atom stereocenters. The van der Waals surface area contributed by atoms with Gasteiger partial charge in [-0.05, 0) is 49.9 Å². The first-order chi connectivity index (χ1) is 12.5. The molecule has 3 rings (SSSR count). The Morgan fingerprint density at radius 2 is 2.08 bits per heavy atom. The molecule has 0 aliphatic carbocycles. The maximum Gasteiger partial charge on any atom is 0.228 e. The van der Waals surface area contributed by atoms with E-state index in [1.807, 2.05) is 29.3 Å². The van der Waals surface area contributed by atoms with E-state index in [2.05, 4.69) is 4.98 Å². The van der Waals surface area contributed by atoms with Gasteiger partial charge in [-0.25, -0.2) is 4.98 Å². The summed E-state index contributed by atoms with van der Waals surface area (Å²) in [6.07, 6.45) is 2.32. The Morgan fingerprint density at radius 3 is 2.73 bits per heavy atom. The van der Waals surface area contributed by atoms with Crippen LogP contribution in [0.3, 0.4) is 0 Å². The average Bonchev–Trinajstić information content (AvgIpc) is 3.08. The summed E-state index contributed by atoms with van der Waals surface area (Å²) in [6.45, 7) is 4.02. The molecule has 1 amide bonds. The second-order valence-corrected chi connectivity index (χ2v) is 8.11. The number of nitrogens with two attached hydrogens (primary N) is 1. The number of piperidine rings is 1. The standard InChI is InChI=1S/C19H24ClN3O2S/c1-13(21)14-6-8-23(9-7-14)19(24)10-16-12-26-18(22-16)11-25-17-4-2-15(20)3-5-17/h2-5,12-14H,6-11,21H2,1H3. The van der Waals surface area contributed by atoms with Crippen LogP contribution in [0, 0.1) is 5.92 Å². The molecule has 1 saturated heterocycles. The van der Waals surface area contributed by atoms with Crippen LogP contribution in [0.2, 0.25) is 5.02 Å². The minimum absolute atomic E-state index is 0.142. The Hall–Kier alpha value is -1.63. The van der Waals surface area contributed by atoms with Crippen LogP contribution in [0.4, 0.5) is 0 Å². The lowest BCUT2D eigenvalue weighted by atomic mass is 9.91. The molecule has 2 heterocycles. The Kier molecular flexibility index (Phi) is 6.51. The van der Waals surface area contributed by atoms with Gasteiger partial charge in [0.05, 0.1) is 12.1 Å². The maximum atomic E-state index is 12.5. The number of hydrogen-bond acceptors (Lipinski definition) is 5. The van der Waals surface area contributed by atoms with E-state index >= 15 is 0 Å². The lowest BCUT2D eigenvalue weighted by molar-refractivity contribution is -0.132. The Bertz CT molecular complexity index is 725. The van der Waals surface area contributed by atoms with Gasteiger partial charge < -0.3 is 15.4 Å². The van der Waals surface area contributed by atoms with Gasteiger partial charge in [-0.2, -0.15) is 0 Å². The van der Waals surface area contributed by atoms with Crippen molar-refractivity contribution in [2.75, 3.05) is 13.1 Å². The van der Waals surface area contributed by atoms with Gasteiger partial charge in [0.1, 0.15) is 17.4 Å². The van der Waals surface area contributed by atoms with Gasteiger partial charge in [-0.3, -0.25) is 4.79 Å². The van der Waals surface area contributed by atoms with Crippen LogP contribution in [0.5, 0.6) is 5.75 Å². The maximum absolute atomic E-state index is 12.5. The largest absolute Gasteiger partial charge is 0.486 e. The summed E-state index contributed by atoms with van der Waals surface area (Å²) in [5.74, 6) is 1.41. The summed E-state index contributed by atoms with van der Waals surface area (Å²) in [5, 5.41) is 3.48. The lowest BCUT2D eigenvalue weighted by Gasteiger charge is -2.33. The lowest BCUT2D eigenvalue weighted by Crippen LogP contribution is -2.43. The number of rotatable bonds is 6. The molecule has 5 nitrogen and oxygen atoms in total. The van der Waals surface area contributed by atoms with Crippen molar-refractivity contribution in [3.8, 4) is 5.75 Å². The SMILES string of the molecule is CC(N)C1CCN(C(=O)Cc2csc(COc3ccc(Cl)cc3)n2)CC1. The van der Waals surface area contributed by atoms with Crippen molar-refractivity contribution in [2.24, 2.45) is 11.7 Å². The Balaban J connectivity index is 1.47. The number of carbonyl (C=O) groups is 1. The first-order valence-corrected chi connectivity index (χ1v) is 10.1. The van der Waals surface area contributed by atoms with E-state index < -0.39 is 0 Å². The van der Waals surface area contributed by atoms with Crippen molar-refractivity contribution in [1.82, 2.24) is 9.88 Å². The van der Waals surface area contributed by atoms with Gasteiger partial charge in [-0.1, -0.05) is 11.6 Å². The smallest absolute Gasteiger partial charge is 0.228 e. The van der Waals surface area contributed by atoms with Gasteiger partial charge >= 0.3 is 0 Å². The van der Waals surface area contributed by atoms with Crippen LogP contribution in [-0.2, 0) is 17.8 Å². The van der Waals surface area contributed by atoms with Gasteiger partial charge in [0.25, 0.3) is 0 Å². The van der Waals surface area contributed by atoms with Crippen molar-refractivity contribution >= 4 is 28.8 Å². The third kappa shape index (κ3) is 5.19. The highest BCUT2D eigenvalue weighted by Gasteiger charge is 2.25. The molecule has 1 aromatic heterocycles. The monoisotopic (exact) mass is 393 g/mol. The van der Waals surface area contributed by atoms with E-state index in [0.717, 1.165) is 42.4 Å². The van der Waals surface area contributed by atoms with Crippen molar-refractivity contribution in [3.05, 3.63) is 45.4 Å². The predicted molar refractivity (Wildman–Crippen MR) is 105 cm³/mol. The number of ether oxygens (including phenoxy) is 1. The summed E-state index contributed by atoms with van der Waals surface area (Å²) in [4.78, 5) is 18.9. The van der Waals surface area contributed by atoms with E-state index in [4.69, 9.17) is 22.1 Å². The zero-order chi connectivity index (χ0) is 18.5. The normalized spacial score (nSPS) is 16.5. The summed E-state index contributed by atoms with van der Waals surface area (Å²) < 4.78 is 5.70. The second kappa shape index (κ2) is 8.84. The molecular weight excluding hydrogens is 370 g/mol. The van der Waals surface area contributed by atoms with E-state index in [0.29, 0.717) is 24.0 Å². The number of amides is 1. The molecule has 1 unspecified atom stereocenters. The fourth-order valence-electron chi connectivity index (χ4n) is 3.11. The van der Waals surface area contributed by atoms with E-state index in [-0.39, 0.29) is 11.9 Å². The van der Waals surface area contributed by atoms with Crippen molar-refractivity contribution in [2.45, 2.75) is 38.8 Å². The highest BCUT2D eigenvalue weighted by Crippen LogP contribution is 2.21. The molecule has 1 aliphatic rings. The van der Waals surface area contributed by atoms with Crippen LogP contribution in [0.1, 0.15) is 30.5 Å². The quantitative estimate of drug-likeness (QED) is 0.815.